The number of hydrogen-bond donors (Lipinski definition) is 1. The molecule has 186 valence electrons. The molecule has 5 rings (SSSR count). The van der Waals surface area contributed by atoms with Crippen molar-refractivity contribution in [2.45, 2.75) is 20.5 Å². The second-order valence-electron chi connectivity index (χ2n) is 8.72. The fraction of sp³-hybridized carbons (Fsp3) is 0.133. The van der Waals surface area contributed by atoms with Crippen molar-refractivity contribution in [1.82, 2.24) is 5.32 Å². The minimum Gasteiger partial charge on any atom is -0.493 e. The molecule has 1 aliphatic rings. The average molecular weight is 574 g/mol. The Bertz CT molecular complexity index is 1570. The van der Waals surface area contributed by atoms with Crippen LogP contribution in [0.1, 0.15) is 22.3 Å². The number of methoxy groups -OCH3 is 1. The quantitative estimate of drug-likeness (QED) is 0.240. The van der Waals surface area contributed by atoms with Crippen LogP contribution in [0.5, 0.6) is 11.5 Å². The number of carbonyl (C=O) groups excluding carboxylic acids is 1. The van der Waals surface area contributed by atoms with Crippen molar-refractivity contribution in [3.63, 3.8) is 0 Å². The molecule has 0 radical (unpaired) electrons. The van der Waals surface area contributed by atoms with E-state index in [9.17, 15) is 4.79 Å². The summed E-state index contributed by atoms with van der Waals surface area (Å²) < 4.78 is 12.6. The molecule has 0 bridgehead atoms. The van der Waals surface area contributed by atoms with E-state index >= 15 is 0 Å². The van der Waals surface area contributed by atoms with E-state index in [1.165, 1.54) is 22.7 Å². The number of ether oxygens (including phenoxy) is 2. The monoisotopic (exact) mass is 572 g/mol. The first kappa shape index (κ1) is 25.1. The third kappa shape index (κ3) is 5.58. The molecule has 7 heteroatoms. The number of amidine groups is 1. The first-order valence-corrected chi connectivity index (χ1v) is 13.4. The zero-order chi connectivity index (χ0) is 25.9. The Balaban J connectivity index is 1.37. The van der Waals surface area contributed by atoms with E-state index in [1.807, 2.05) is 62.4 Å². The molecule has 1 amide bonds. The number of nitrogens with zero attached hydrogens (tertiary/aromatic N) is 1. The van der Waals surface area contributed by atoms with Crippen LogP contribution >= 0.6 is 27.7 Å². The van der Waals surface area contributed by atoms with Crippen LogP contribution in [0.25, 0.3) is 16.8 Å². The van der Waals surface area contributed by atoms with E-state index in [-0.39, 0.29) is 5.91 Å². The first-order chi connectivity index (χ1) is 17.9. The van der Waals surface area contributed by atoms with Gasteiger partial charge in [0.05, 0.1) is 17.7 Å². The van der Waals surface area contributed by atoms with Crippen LogP contribution in [0.4, 0.5) is 5.69 Å². The second kappa shape index (κ2) is 10.8. The summed E-state index contributed by atoms with van der Waals surface area (Å²) in [5.41, 5.74) is 4.97. The molecular formula is C30H25BrN2O3S. The fourth-order valence-electron chi connectivity index (χ4n) is 4.17. The van der Waals surface area contributed by atoms with Gasteiger partial charge in [0.15, 0.2) is 16.7 Å². The van der Waals surface area contributed by atoms with Gasteiger partial charge in [-0.15, -0.1) is 0 Å². The molecule has 0 unspecified atom stereocenters. The Labute approximate surface area is 228 Å². The van der Waals surface area contributed by atoms with Gasteiger partial charge in [-0.05, 0) is 77.3 Å². The third-order valence-corrected chi connectivity index (χ3v) is 7.65. The highest BCUT2D eigenvalue weighted by Crippen LogP contribution is 2.37. The molecule has 1 heterocycles. The Morgan fingerprint density at radius 1 is 1.00 bits per heavy atom. The predicted octanol–water partition coefficient (Wildman–Crippen LogP) is 7.70. The SMILES string of the molecule is COc1cc(/C=C2/SC(=Nc3ccc(C)cc3C)NC2=O)c(Br)cc1OCc1cccc2ccccc12. The number of benzene rings is 4. The maximum atomic E-state index is 12.7. The molecular weight excluding hydrogens is 548 g/mol. The van der Waals surface area contributed by atoms with Crippen molar-refractivity contribution in [1.29, 1.82) is 0 Å². The molecule has 1 fully saturated rings. The number of thioether (sulfide) groups is 1. The average Bonchev–Trinajstić information content (AvgIpc) is 3.24. The van der Waals surface area contributed by atoms with E-state index < -0.39 is 0 Å². The maximum absolute atomic E-state index is 12.7. The summed E-state index contributed by atoms with van der Waals surface area (Å²) in [7, 11) is 1.61. The Kier molecular flexibility index (Phi) is 7.35. The van der Waals surface area contributed by atoms with Gasteiger partial charge in [-0.3, -0.25) is 4.79 Å². The van der Waals surface area contributed by atoms with Gasteiger partial charge in [0.2, 0.25) is 0 Å². The van der Waals surface area contributed by atoms with E-state index in [0.717, 1.165) is 32.2 Å². The molecule has 0 saturated carbocycles. The lowest BCUT2D eigenvalue weighted by Crippen LogP contribution is -2.19. The Morgan fingerprint density at radius 3 is 2.62 bits per heavy atom. The highest BCUT2D eigenvalue weighted by atomic mass is 79.9. The lowest BCUT2D eigenvalue weighted by Gasteiger charge is -2.14. The molecule has 1 saturated heterocycles. The van der Waals surface area contributed by atoms with E-state index in [0.29, 0.717) is 28.2 Å². The van der Waals surface area contributed by atoms with Gasteiger partial charge >= 0.3 is 0 Å². The summed E-state index contributed by atoms with van der Waals surface area (Å²) in [6.07, 6.45) is 1.83. The van der Waals surface area contributed by atoms with Gasteiger partial charge in [-0.1, -0.05) is 76.1 Å². The number of rotatable bonds is 6. The van der Waals surface area contributed by atoms with Gasteiger partial charge < -0.3 is 14.8 Å². The molecule has 1 aliphatic heterocycles. The number of aryl methyl sites for hydroxylation is 2. The smallest absolute Gasteiger partial charge is 0.264 e. The van der Waals surface area contributed by atoms with Crippen LogP contribution in [0.3, 0.4) is 0 Å². The van der Waals surface area contributed by atoms with E-state index in [4.69, 9.17) is 9.47 Å². The predicted molar refractivity (Wildman–Crippen MR) is 156 cm³/mol. The Morgan fingerprint density at radius 2 is 1.81 bits per heavy atom. The van der Waals surface area contributed by atoms with Crippen molar-refractivity contribution in [2.24, 2.45) is 4.99 Å². The van der Waals surface area contributed by atoms with E-state index in [1.54, 1.807) is 7.11 Å². The third-order valence-electron chi connectivity index (χ3n) is 6.06. The summed E-state index contributed by atoms with van der Waals surface area (Å²) in [5.74, 6) is 1.02. The number of aliphatic imine (C=N–C) groups is 1. The number of carbonyl (C=O) groups is 1. The van der Waals surface area contributed by atoms with Gasteiger partial charge in [0.25, 0.3) is 5.91 Å². The van der Waals surface area contributed by atoms with Crippen LogP contribution in [0.2, 0.25) is 0 Å². The molecule has 1 N–H and O–H groups in total. The summed E-state index contributed by atoms with van der Waals surface area (Å²) in [6.45, 7) is 4.46. The summed E-state index contributed by atoms with van der Waals surface area (Å²) in [6, 6.07) is 24.2. The maximum Gasteiger partial charge on any atom is 0.264 e. The van der Waals surface area contributed by atoms with Crippen molar-refractivity contribution < 1.29 is 14.3 Å². The first-order valence-electron chi connectivity index (χ1n) is 11.7. The number of amides is 1. The van der Waals surface area contributed by atoms with Crippen molar-refractivity contribution in [3.8, 4) is 11.5 Å². The summed E-state index contributed by atoms with van der Waals surface area (Å²) >= 11 is 4.95. The number of halogens is 1. The lowest BCUT2D eigenvalue weighted by atomic mass is 10.1. The number of fused-ring (bicyclic) bond motifs is 1. The Hall–Kier alpha value is -3.55. The van der Waals surface area contributed by atoms with Crippen LogP contribution in [-0.2, 0) is 11.4 Å². The van der Waals surface area contributed by atoms with Crippen molar-refractivity contribution >= 4 is 61.3 Å². The molecule has 0 atom stereocenters. The van der Waals surface area contributed by atoms with Gasteiger partial charge in [-0.2, -0.15) is 0 Å². The zero-order valence-corrected chi connectivity index (χ0v) is 23.1. The van der Waals surface area contributed by atoms with Crippen LogP contribution < -0.4 is 14.8 Å². The highest BCUT2D eigenvalue weighted by molar-refractivity contribution is 9.10. The lowest BCUT2D eigenvalue weighted by molar-refractivity contribution is -0.115. The van der Waals surface area contributed by atoms with E-state index in [2.05, 4.69) is 56.6 Å². The summed E-state index contributed by atoms with van der Waals surface area (Å²) in [4.78, 5) is 17.9. The van der Waals surface area contributed by atoms with Crippen LogP contribution in [-0.4, -0.2) is 18.2 Å². The van der Waals surface area contributed by atoms with Crippen molar-refractivity contribution in [3.05, 3.63) is 104 Å². The van der Waals surface area contributed by atoms with Gasteiger partial charge in [-0.25, -0.2) is 4.99 Å². The second-order valence-corrected chi connectivity index (χ2v) is 10.6. The molecule has 0 aromatic heterocycles. The molecule has 0 spiro atoms. The zero-order valence-electron chi connectivity index (χ0n) is 20.7. The minimum absolute atomic E-state index is 0.185. The topological polar surface area (TPSA) is 59.9 Å². The van der Waals surface area contributed by atoms with Crippen molar-refractivity contribution in [2.75, 3.05) is 7.11 Å². The number of hydrogen-bond acceptors (Lipinski definition) is 5. The molecule has 37 heavy (non-hydrogen) atoms. The fourth-order valence-corrected chi connectivity index (χ4v) is 5.43. The molecule has 4 aromatic carbocycles. The van der Waals surface area contributed by atoms with Gasteiger partial charge in [0.1, 0.15) is 6.61 Å². The van der Waals surface area contributed by atoms with Crippen LogP contribution in [0, 0.1) is 13.8 Å². The standard InChI is InChI=1S/C30H25BrN2O3S/c1-18-11-12-25(19(2)13-18)32-30-33-29(34)28(37-30)15-22-14-26(35-3)27(16-24(22)31)36-17-21-9-6-8-20-7-4-5-10-23(20)21/h4-16H,17H2,1-3H3,(H,32,33,34)/b28-15+. The normalized spacial score (nSPS) is 15.4. The highest BCUT2D eigenvalue weighted by Gasteiger charge is 2.24. The largest absolute Gasteiger partial charge is 0.493 e. The van der Waals surface area contributed by atoms with Crippen LogP contribution in [0.15, 0.2) is 87.2 Å². The molecule has 5 nitrogen and oxygen atoms in total. The molecule has 0 aliphatic carbocycles. The summed E-state index contributed by atoms with van der Waals surface area (Å²) in [5, 5.41) is 5.75. The number of nitrogens with one attached hydrogen (secondary N) is 1. The molecule has 4 aromatic rings. The van der Waals surface area contributed by atoms with Gasteiger partial charge in [0, 0.05) is 4.47 Å². The minimum atomic E-state index is -0.185.